The summed E-state index contributed by atoms with van der Waals surface area (Å²) < 4.78 is 0. The van der Waals surface area contributed by atoms with Crippen LogP contribution >= 0.6 is 0 Å². The molecule has 0 saturated carbocycles. The zero-order chi connectivity index (χ0) is 11.4. The highest BCUT2D eigenvalue weighted by atomic mass is 16.4. The number of carbonyl (C=O) groups is 1. The summed E-state index contributed by atoms with van der Waals surface area (Å²) in [6, 6.07) is 3.82. The summed E-state index contributed by atoms with van der Waals surface area (Å²) >= 11 is 0. The van der Waals surface area contributed by atoms with Gasteiger partial charge in [0.2, 0.25) is 0 Å². The molecule has 1 aromatic rings. The molecule has 15 heavy (non-hydrogen) atoms. The van der Waals surface area contributed by atoms with Crippen molar-refractivity contribution in [1.82, 2.24) is 0 Å². The van der Waals surface area contributed by atoms with Gasteiger partial charge in [0.15, 0.2) is 11.5 Å². The number of phenolic OH excluding ortho intramolecular Hbond substituents is 2. The summed E-state index contributed by atoms with van der Waals surface area (Å²) in [5.74, 6) is -0.701. The summed E-state index contributed by atoms with van der Waals surface area (Å²) in [7, 11) is 0. The fourth-order valence-corrected chi connectivity index (χ4v) is 1.04. The zero-order valence-corrected chi connectivity index (χ0v) is 7.60. The second-order valence-electron chi connectivity index (χ2n) is 2.89. The van der Waals surface area contributed by atoms with Crippen LogP contribution in [-0.2, 0) is 16.0 Å². The van der Waals surface area contributed by atoms with E-state index >= 15 is 0 Å². The van der Waals surface area contributed by atoms with Crippen molar-refractivity contribution in [3.63, 3.8) is 0 Å². The van der Waals surface area contributed by atoms with Crippen LogP contribution in [0.1, 0.15) is 5.56 Å². The first-order chi connectivity index (χ1) is 7.04. The maximum absolute atomic E-state index is 10.5. The first kappa shape index (κ1) is 10.8. The molecule has 0 aliphatic carbocycles. The Morgan fingerprint density at radius 3 is 2.40 bits per heavy atom. The number of rotatable bonds is 3. The Kier molecular flexibility index (Phi) is 3.10. The highest BCUT2D eigenvalue weighted by Gasteiger charge is 2.10. The van der Waals surface area contributed by atoms with Crippen LogP contribution in [0, 0.1) is 0 Å². The van der Waals surface area contributed by atoms with E-state index in [2.05, 4.69) is 0 Å². The van der Waals surface area contributed by atoms with Gasteiger partial charge >= 0.3 is 5.97 Å². The molecule has 0 heterocycles. The average Bonchev–Trinajstić information content (AvgIpc) is 2.19. The van der Waals surface area contributed by atoms with Crippen molar-refractivity contribution in [3.05, 3.63) is 29.3 Å². The maximum Gasteiger partial charge on any atom is 0.343 e. The fourth-order valence-electron chi connectivity index (χ4n) is 1.04. The van der Waals surface area contributed by atoms with Crippen LogP contribution in [0.4, 0.5) is 0 Å². The number of carbonyl (C=O) groups excluding carboxylic acids is 1. The number of carboxylic acids is 1. The van der Waals surface area contributed by atoms with Crippen LogP contribution in [-0.4, -0.2) is 27.2 Å². The van der Waals surface area contributed by atoms with Gasteiger partial charge in [0, 0.05) is 6.42 Å². The van der Waals surface area contributed by atoms with Gasteiger partial charge in [-0.15, -0.1) is 0 Å². The van der Waals surface area contributed by atoms with Crippen LogP contribution in [0.5, 0.6) is 11.5 Å². The summed E-state index contributed by atoms with van der Waals surface area (Å²) in [5, 5.41) is 26.7. The van der Waals surface area contributed by atoms with Crippen LogP contribution in [0.3, 0.4) is 0 Å². The highest BCUT2D eigenvalue weighted by molar-refractivity contribution is 5.95. The van der Waals surface area contributed by atoms with Gasteiger partial charge in [-0.05, 0) is 17.7 Å². The Hall–Kier alpha value is -2.26. The second-order valence-corrected chi connectivity index (χ2v) is 2.89. The van der Waals surface area contributed by atoms with Crippen molar-refractivity contribution in [2.24, 2.45) is 0 Å². The van der Waals surface area contributed by atoms with Gasteiger partial charge < -0.3 is 15.3 Å². The normalized spacial score (nSPS) is 9.33. The largest absolute Gasteiger partial charge is 0.504 e. The van der Waals surface area contributed by atoms with Crippen molar-refractivity contribution in [2.45, 2.75) is 6.42 Å². The van der Waals surface area contributed by atoms with E-state index in [4.69, 9.17) is 15.3 Å². The van der Waals surface area contributed by atoms with E-state index in [0.717, 1.165) is 0 Å². The lowest BCUT2D eigenvalue weighted by atomic mass is 10.1. The molecule has 0 amide bonds. The van der Waals surface area contributed by atoms with Gasteiger partial charge in [-0.1, -0.05) is 6.07 Å². The minimum atomic E-state index is -1.35. The molecule has 5 nitrogen and oxygen atoms in total. The molecule has 0 unspecified atom stereocenters. The lowest BCUT2D eigenvalue weighted by Crippen LogP contribution is -2.04. The third-order valence-electron chi connectivity index (χ3n) is 1.80. The Morgan fingerprint density at radius 1 is 1.27 bits per heavy atom. The van der Waals surface area contributed by atoms with E-state index in [1.54, 1.807) is 0 Å². The molecule has 5 heteroatoms. The summed E-state index contributed by atoms with van der Waals surface area (Å²) in [6.45, 7) is 0. The molecule has 3 N–H and O–H groups in total. The predicted octanol–water partition coefficient (Wildman–Crippen LogP) is 0.483. The van der Waals surface area contributed by atoms with E-state index < -0.39 is 11.5 Å². The first-order valence-corrected chi connectivity index (χ1v) is 4.02. The van der Waals surface area contributed by atoms with Gasteiger partial charge in [0.1, 0.15) is 11.5 Å². The number of phenols is 2. The third kappa shape index (κ3) is 2.59. The Morgan fingerprint density at radius 2 is 1.93 bits per heavy atom. The van der Waals surface area contributed by atoms with Crippen molar-refractivity contribution in [1.29, 1.82) is 0 Å². The molecule has 1 rings (SSSR count). The summed E-state index contributed by atoms with van der Waals surface area (Å²) in [6.07, 6.45) is -0.146. The summed E-state index contributed by atoms with van der Waals surface area (Å²) in [4.78, 5) is 20.7. The zero-order valence-electron chi connectivity index (χ0n) is 7.60. The Balaban J connectivity index is 2.95. The highest BCUT2D eigenvalue weighted by Crippen LogP contribution is 2.25. The molecule has 0 fully saturated rings. The molecule has 0 saturated heterocycles. The number of hydrogen-bond donors (Lipinski definition) is 3. The second kappa shape index (κ2) is 4.30. The Labute approximate surface area is 84.9 Å². The molecule has 78 valence electrons. The molecule has 0 aliphatic rings. The third-order valence-corrected chi connectivity index (χ3v) is 1.80. The number of carboxylic acid groups (broad SMARTS) is 1. The van der Waals surface area contributed by atoms with Crippen LogP contribution < -0.4 is 0 Å². The number of aromatic hydroxyl groups is 2. The van der Waals surface area contributed by atoms with Crippen molar-refractivity contribution in [3.8, 4) is 11.5 Å². The van der Waals surface area contributed by atoms with Gasteiger partial charge in [0.05, 0.1) is 0 Å². The smallest absolute Gasteiger partial charge is 0.343 e. The fraction of sp³-hybridized carbons (Fsp3) is 0.100. The van der Waals surface area contributed by atoms with Gasteiger partial charge in [-0.3, -0.25) is 0 Å². The van der Waals surface area contributed by atoms with Crippen molar-refractivity contribution in [2.75, 3.05) is 0 Å². The lowest BCUT2D eigenvalue weighted by molar-refractivity contribution is -0.132. The molecular weight excluding hydrogens is 200 g/mol. The maximum atomic E-state index is 10.5. The van der Waals surface area contributed by atoms with Crippen LogP contribution in [0.15, 0.2) is 23.8 Å². The number of benzene rings is 1. The molecule has 0 spiro atoms. The molecule has 0 atom stereocenters. The van der Waals surface area contributed by atoms with E-state index in [9.17, 15) is 9.59 Å². The van der Waals surface area contributed by atoms with Crippen molar-refractivity contribution < 1.29 is 24.9 Å². The SMILES string of the molecule is O=C=C(Cc1ccc(O)c(O)c1)C(=O)O. The molecule has 0 bridgehead atoms. The molecule has 0 aliphatic heterocycles. The van der Waals surface area contributed by atoms with Crippen LogP contribution in [0.2, 0.25) is 0 Å². The monoisotopic (exact) mass is 208 g/mol. The average molecular weight is 208 g/mol. The minimum Gasteiger partial charge on any atom is -0.504 e. The molecule has 0 aromatic heterocycles. The molecular formula is C10H8O5. The topological polar surface area (TPSA) is 94.8 Å². The standard InChI is InChI=1S/C10H8O5/c11-5-7(10(14)15)3-6-1-2-8(12)9(13)4-6/h1-2,4,12-13H,3H2,(H,14,15). The van der Waals surface area contributed by atoms with E-state index in [1.165, 1.54) is 24.1 Å². The number of hydrogen-bond acceptors (Lipinski definition) is 4. The predicted molar refractivity (Wildman–Crippen MR) is 50.3 cm³/mol. The first-order valence-electron chi connectivity index (χ1n) is 4.02. The lowest BCUT2D eigenvalue weighted by Gasteiger charge is -2.01. The van der Waals surface area contributed by atoms with Gasteiger partial charge in [-0.2, -0.15) is 0 Å². The number of aliphatic carboxylic acids is 1. The molecule has 1 aromatic carbocycles. The Bertz CT molecular complexity index is 443. The van der Waals surface area contributed by atoms with Crippen LogP contribution in [0.25, 0.3) is 0 Å². The van der Waals surface area contributed by atoms with E-state index in [1.807, 2.05) is 0 Å². The summed E-state index contributed by atoms with van der Waals surface area (Å²) in [5.41, 5.74) is -0.0221. The molecule has 0 radical (unpaired) electrons. The van der Waals surface area contributed by atoms with Gasteiger partial charge in [-0.25, -0.2) is 9.59 Å². The van der Waals surface area contributed by atoms with E-state index in [-0.39, 0.29) is 17.9 Å². The van der Waals surface area contributed by atoms with Crippen molar-refractivity contribution >= 4 is 11.9 Å². The van der Waals surface area contributed by atoms with Gasteiger partial charge in [0.25, 0.3) is 0 Å². The minimum absolute atomic E-state index is 0.146. The quantitative estimate of drug-likeness (QED) is 0.381. The van der Waals surface area contributed by atoms with E-state index in [0.29, 0.717) is 5.56 Å².